The molecule has 1 atom stereocenters. The maximum Gasteiger partial charge on any atom is 0.197 e. The SMILES string of the molecule is C=C1CCCC(C)(C)[C@@H]1Cc1c(O)cc2oc(-c3ccc(O)c(O)c3)cc(=O)c2c1O. The average molecular weight is 422 g/mol. The minimum atomic E-state index is -0.468. The second-order valence-corrected chi connectivity index (χ2v) is 9.03. The molecule has 0 amide bonds. The Balaban J connectivity index is 1.82. The molecule has 4 N–H and O–H groups in total. The minimum Gasteiger partial charge on any atom is -0.507 e. The van der Waals surface area contributed by atoms with Crippen LogP contribution in [-0.2, 0) is 6.42 Å². The summed E-state index contributed by atoms with van der Waals surface area (Å²) in [6.45, 7) is 8.52. The smallest absolute Gasteiger partial charge is 0.197 e. The van der Waals surface area contributed by atoms with Crippen molar-refractivity contribution in [3.8, 4) is 34.3 Å². The van der Waals surface area contributed by atoms with Crippen molar-refractivity contribution in [1.82, 2.24) is 0 Å². The van der Waals surface area contributed by atoms with Gasteiger partial charge in [-0.3, -0.25) is 4.79 Å². The van der Waals surface area contributed by atoms with E-state index >= 15 is 0 Å². The lowest BCUT2D eigenvalue weighted by molar-refractivity contribution is 0.187. The van der Waals surface area contributed by atoms with E-state index in [2.05, 4.69) is 20.4 Å². The summed E-state index contributed by atoms with van der Waals surface area (Å²) in [6.07, 6.45) is 3.38. The van der Waals surface area contributed by atoms with E-state index in [1.54, 1.807) is 0 Å². The van der Waals surface area contributed by atoms with Crippen molar-refractivity contribution < 1.29 is 24.8 Å². The van der Waals surface area contributed by atoms with E-state index in [1.807, 2.05) is 0 Å². The van der Waals surface area contributed by atoms with Crippen molar-refractivity contribution in [2.75, 3.05) is 0 Å². The Kier molecular flexibility index (Phi) is 4.96. The number of benzene rings is 2. The Morgan fingerprint density at radius 2 is 1.81 bits per heavy atom. The Labute approximate surface area is 179 Å². The average Bonchev–Trinajstić information content (AvgIpc) is 2.68. The molecule has 1 heterocycles. The molecule has 1 fully saturated rings. The number of phenols is 4. The van der Waals surface area contributed by atoms with Gasteiger partial charge < -0.3 is 24.8 Å². The maximum atomic E-state index is 12.9. The topological polar surface area (TPSA) is 111 Å². The van der Waals surface area contributed by atoms with Gasteiger partial charge in [-0.15, -0.1) is 0 Å². The number of aromatic hydroxyl groups is 4. The van der Waals surface area contributed by atoms with Gasteiger partial charge >= 0.3 is 0 Å². The van der Waals surface area contributed by atoms with Crippen LogP contribution in [0.3, 0.4) is 0 Å². The van der Waals surface area contributed by atoms with E-state index in [1.165, 1.54) is 30.3 Å². The molecular formula is C25H26O6. The third-order valence-electron chi connectivity index (χ3n) is 6.50. The Morgan fingerprint density at radius 1 is 1.06 bits per heavy atom. The second kappa shape index (κ2) is 7.38. The molecule has 1 aromatic heterocycles. The zero-order valence-electron chi connectivity index (χ0n) is 17.6. The number of hydrogen-bond acceptors (Lipinski definition) is 6. The second-order valence-electron chi connectivity index (χ2n) is 9.03. The number of allylic oxidation sites excluding steroid dienone is 1. The first-order valence-corrected chi connectivity index (χ1v) is 10.3. The molecule has 0 saturated heterocycles. The number of hydrogen-bond donors (Lipinski definition) is 4. The van der Waals surface area contributed by atoms with E-state index in [9.17, 15) is 25.2 Å². The highest BCUT2D eigenvalue weighted by Crippen LogP contribution is 2.47. The van der Waals surface area contributed by atoms with E-state index < -0.39 is 5.43 Å². The van der Waals surface area contributed by atoms with Gasteiger partial charge in [0.1, 0.15) is 28.2 Å². The van der Waals surface area contributed by atoms with Gasteiger partial charge in [0.05, 0.1) is 0 Å². The highest BCUT2D eigenvalue weighted by molar-refractivity contribution is 5.88. The fourth-order valence-electron chi connectivity index (χ4n) is 4.65. The summed E-state index contributed by atoms with van der Waals surface area (Å²) in [5.74, 6) is -0.857. The van der Waals surface area contributed by atoms with Gasteiger partial charge in [0.15, 0.2) is 16.9 Å². The molecule has 1 aliphatic carbocycles. The van der Waals surface area contributed by atoms with Crippen LogP contribution in [0.2, 0.25) is 0 Å². The van der Waals surface area contributed by atoms with E-state index in [0.717, 1.165) is 24.8 Å². The largest absolute Gasteiger partial charge is 0.507 e. The molecule has 162 valence electrons. The third kappa shape index (κ3) is 3.63. The fourth-order valence-corrected chi connectivity index (χ4v) is 4.65. The molecule has 0 bridgehead atoms. The minimum absolute atomic E-state index is 0.00113. The zero-order chi connectivity index (χ0) is 22.5. The lowest BCUT2D eigenvalue weighted by atomic mass is 9.64. The van der Waals surface area contributed by atoms with Crippen molar-refractivity contribution in [1.29, 1.82) is 0 Å². The van der Waals surface area contributed by atoms with Crippen LogP contribution >= 0.6 is 0 Å². The molecule has 0 spiro atoms. The van der Waals surface area contributed by atoms with Crippen LogP contribution in [0.25, 0.3) is 22.3 Å². The van der Waals surface area contributed by atoms with Crippen molar-refractivity contribution in [3.05, 3.63) is 58.3 Å². The maximum absolute atomic E-state index is 12.9. The third-order valence-corrected chi connectivity index (χ3v) is 6.50. The highest BCUT2D eigenvalue weighted by atomic mass is 16.3. The van der Waals surface area contributed by atoms with Crippen LogP contribution in [0, 0.1) is 11.3 Å². The molecule has 6 nitrogen and oxygen atoms in total. The normalized spacial score (nSPS) is 18.4. The predicted octanol–water partition coefficient (Wildman–Crippen LogP) is 5.21. The van der Waals surface area contributed by atoms with Crippen molar-refractivity contribution >= 4 is 11.0 Å². The quantitative estimate of drug-likeness (QED) is 0.341. The molecule has 0 aliphatic heterocycles. The molecule has 6 heteroatoms. The van der Waals surface area contributed by atoms with Crippen molar-refractivity contribution in [3.63, 3.8) is 0 Å². The van der Waals surface area contributed by atoms with E-state index in [4.69, 9.17) is 4.42 Å². The molecule has 4 rings (SSSR count). The molecule has 3 aromatic rings. The summed E-state index contributed by atoms with van der Waals surface area (Å²) in [7, 11) is 0. The monoisotopic (exact) mass is 422 g/mol. The van der Waals surface area contributed by atoms with Gasteiger partial charge in [-0.25, -0.2) is 0 Å². The molecule has 2 aromatic carbocycles. The Hall–Kier alpha value is -3.41. The van der Waals surface area contributed by atoms with E-state index in [0.29, 0.717) is 17.5 Å². The fraction of sp³-hybridized carbons (Fsp3) is 0.320. The lowest BCUT2D eigenvalue weighted by Gasteiger charge is -2.40. The van der Waals surface area contributed by atoms with Gasteiger partial charge in [-0.2, -0.15) is 0 Å². The lowest BCUT2D eigenvalue weighted by Crippen LogP contribution is -2.31. The first-order valence-electron chi connectivity index (χ1n) is 10.3. The first kappa shape index (κ1) is 20.8. The van der Waals surface area contributed by atoms with Crippen LogP contribution in [0.1, 0.15) is 38.7 Å². The van der Waals surface area contributed by atoms with Crippen molar-refractivity contribution in [2.45, 2.75) is 39.5 Å². The van der Waals surface area contributed by atoms with Gasteiger partial charge in [-0.05, 0) is 55.2 Å². The molecule has 1 aliphatic rings. The molecule has 1 saturated carbocycles. The Morgan fingerprint density at radius 3 is 2.48 bits per heavy atom. The van der Waals surface area contributed by atoms with Crippen LogP contribution in [0.4, 0.5) is 0 Å². The number of rotatable bonds is 3. The van der Waals surface area contributed by atoms with Gasteiger partial charge in [0.2, 0.25) is 0 Å². The number of phenolic OH excluding ortho intramolecular Hbond substituents is 4. The summed E-state index contributed by atoms with van der Waals surface area (Å²) in [4.78, 5) is 12.9. The zero-order valence-corrected chi connectivity index (χ0v) is 17.6. The van der Waals surface area contributed by atoms with Crippen molar-refractivity contribution in [2.24, 2.45) is 11.3 Å². The molecule has 0 radical (unpaired) electrons. The van der Waals surface area contributed by atoms with Gasteiger partial charge in [0, 0.05) is 23.3 Å². The molecule has 31 heavy (non-hydrogen) atoms. The summed E-state index contributed by atoms with van der Waals surface area (Å²) in [6, 6.07) is 6.60. The highest BCUT2D eigenvalue weighted by Gasteiger charge is 2.36. The van der Waals surface area contributed by atoms with Gasteiger partial charge in [-0.1, -0.05) is 26.0 Å². The molecular weight excluding hydrogens is 396 g/mol. The van der Waals surface area contributed by atoms with Crippen LogP contribution in [-0.4, -0.2) is 20.4 Å². The number of fused-ring (bicyclic) bond motifs is 1. The standard InChI is InChI=1S/C25H26O6/c1-13-5-4-8-25(2,3)16(13)10-15-18(27)11-22-23(24(15)30)20(29)12-21(31-22)14-6-7-17(26)19(28)9-14/h6-7,9,11-12,16,26-28,30H,1,4-5,8,10H2,2-3H3/t16-/m1/s1. The Bertz CT molecular complexity index is 1250. The van der Waals surface area contributed by atoms with E-state index in [-0.39, 0.29) is 51.1 Å². The van der Waals surface area contributed by atoms with Crippen LogP contribution in [0.5, 0.6) is 23.0 Å². The van der Waals surface area contributed by atoms with Crippen LogP contribution < -0.4 is 5.43 Å². The summed E-state index contributed by atoms with van der Waals surface area (Å²) < 4.78 is 5.76. The summed E-state index contributed by atoms with van der Waals surface area (Å²) >= 11 is 0. The van der Waals surface area contributed by atoms with Crippen LogP contribution in [0.15, 0.2) is 51.7 Å². The predicted molar refractivity (Wildman–Crippen MR) is 119 cm³/mol. The summed E-state index contributed by atoms with van der Waals surface area (Å²) in [5.41, 5.74) is 1.32. The van der Waals surface area contributed by atoms with Gasteiger partial charge in [0.25, 0.3) is 0 Å². The molecule has 0 unspecified atom stereocenters. The first-order chi connectivity index (χ1) is 14.6. The summed E-state index contributed by atoms with van der Waals surface area (Å²) in [5, 5.41) is 40.8.